The van der Waals surface area contributed by atoms with Gasteiger partial charge in [0.15, 0.2) is 0 Å². The van der Waals surface area contributed by atoms with Crippen molar-refractivity contribution in [1.29, 1.82) is 0 Å². The summed E-state index contributed by atoms with van der Waals surface area (Å²) in [4.78, 5) is 12.3. The molecule has 0 aromatic carbocycles. The number of hydrogen-bond donors (Lipinski definition) is 4. The first kappa shape index (κ1) is 35.4. The van der Waals surface area contributed by atoms with Crippen molar-refractivity contribution in [3.63, 3.8) is 0 Å². The molecule has 3 unspecified atom stereocenters. The minimum Gasteiger partial charge on any atom is -0.394 e. The monoisotopic (exact) mass is 513 g/mol. The Hall–Kier alpha value is -0.650. The van der Waals surface area contributed by atoms with E-state index < -0.39 is 18.2 Å². The van der Waals surface area contributed by atoms with Gasteiger partial charge in [-0.1, -0.05) is 149 Å². The molecule has 36 heavy (non-hydrogen) atoms. The van der Waals surface area contributed by atoms with Gasteiger partial charge in [-0.05, 0) is 12.8 Å². The van der Waals surface area contributed by atoms with E-state index in [2.05, 4.69) is 19.2 Å². The van der Waals surface area contributed by atoms with Gasteiger partial charge >= 0.3 is 0 Å². The van der Waals surface area contributed by atoms with E-state index in [1.165, 1.54) is 109 Å². The molecule has 0 aromatic heterocycles. The number of amides is 1. The van der Waals surface area contributed by atoms with Crippen LogP contribution in [0.15, 0.2) is 0 Å². The minimum atomic E-state index is -0.739. The summed E-state index contributed by atoms with van der Waals surface area (Å²) >= 11 is 0. The second-order valence-electron chi connectivity index (χ2n) is 11.1. The van der Waals surface area contributed by atoms with E-state index in [4.69, 9.17) is 0 Å². The van der Waals surface area contributed by atoms with Crippen LogP contribution in [0.2, 0.25) is 0 Å². The zero-order chi connectivity index (χ0) is 26.7. The standard InChI is InChI=1S/C31H63NO4/c1-3-5-7-9-11-13-15-17-19-21-23-25-30(35)29(27-33)32-31(36)26-28(34)24-22-20-18-16-14-12-10-8-6-4-2/h28-30,33-35H,3-27H2,1-2H3,(H,32,36). The highest BCUT2D eigenvalue weighted by Crippen LogP contribution is 2.15. The molecular weight excluding hydrogens is 450 g/mol. The van der Waals surface area contributed by atoms with Crippen molar-refractivity contribution in [3.05, 3.63) is 0 Å². The van der Waals surface area contributed by atoms with E-state index in [9.17, 15) is 20.1 Å². The van der Waals surface area contributed by atoms with Gasteiger partial charge in [0.1, 0.15) is 0 Å². The molecule has 0 aliphatic carbocycles. The molecule has 0 aliphatic heterocycles. The van der Waals surface area contributed by atoms with Crippen LogP contribution in [0.4, 0.5) is 0 Å². The number of unbranched alkanes of at least 4 members (excludes halogenated alkanes) is 19. The first-order valence-corrected chi connectivity index (χ1v) is 15.8. The number of carbonyl (C=O) groups is 1. The molecule has 0 saturated carbocycles. The molecule has 0 bridgehead atoms. The van der Waals surface area contributed by atoms with Crippen molar-refractivity contribution < 1.29 is 20.1 Å². The molecule has 3 atom stereocenters. The normalized spacial score (nSPS) is 14.0. The van der Waals surface area contributed by atoms with E-state index in [-0.39, 0.29) is 18.9 Å². The van der Waals surface area contributed by atoms with Crippen LogP contribution in [0.3, 0.4) is 0 Å². The van der Waals surface area contributed by atoms with Crippen molar-refractivity contribution in [2.45, 2.75) is 186 Å². The highest BCUT2D eigenvalue weighted by molar-refractivity contribution is 5.76. The maximum absolute atomic E-state index is 12.3. The van der Waals surface area contributed by atoms with E-state index in [1.54, 1.807) is 0 Å². The van der Waals surface area contributed by atoms with Crippen molar-refractivity contribution in [2.24, 2.45) is 0 Å². The van der Waals surface area contributed by atoms with Crippen LogP contribution < -0.4 is 5.32 Å². The molecule has 5 nitrogen and oxygen atoms in total. The molecule has 4 N–H and O–H groups in total. The highest BCUT2D eigenvalue weighted by Gasteiger charge is 2.21. The van der Waals surface area contributed by atoms with Gasteiger partial charge in [0.25, 0.3) is 0 Å². The molecule has 0 heterocycles. The molecule has 5 heteroatoms. The Morgan fingerprint density at radius 3 is 1.33 bits per heavy atom. The maximum atomic E-state index is 12.3. The molecule has 0 aromatic rings. The summed E-state index contributed by atoms with van der Waals surface area (Å²) in [5, 5.41) is 33.0. The fourth-order valence-electron chi connectivity index (χ4n) is 4.93. The SMILES string of the molecule is CCCCCCCCCCCCCC(O)C(CO)NC(=O)CC(O)CCCCCCCCCCCC. The number of carbonyl (C=O) groups excluding carboxylic acids is 1. The number of nitrogens with one attached hydrogen (secondary N) is 1. The van der Waals surface area contributed by atoms with Crippen molar-refractivity contribution in [1.82, 2.24) is 5.32 Å². The van der Waals surface area contributed by atoms with E-state index in [0.717, 1.165) is 25.7 Å². The number of rotatable bonds is 28. The van der Waals surface area contributed by atoms with Crippen LogP contribution in [0.25, 0.3) is 0 Å². The van der Waals surface area contributed by atoms with Crippen LogP contribution in [0.1, 0.15) is 168 Å². The third kappa shape index (κ3) is 23.7. The molecule has 0 radical (unpaired) electrons. The summed E-state index contributed by atoms with van der Waals surface area (Å²) in [6, 6.07) is -0.648. The lowest BCUT2D eigenvalue weighted by Gasteiger charge is -2.23. The second kappa shape index (κ2) is 27.4. The lowest BCUT2D eigenvalue weighted by molar-refractivity contribution is -0.125. The molecular formula is C31H63NO4. The highest BCUT2D eigenvalue weighted by atomic mass is 16.3. The predicted octanol–water partition coefficient (Wildman–Crippen LogP) is 7.59. The van der Waals surface area contributed by atoms with Crippen molar-refractivity contribution >= 4 is 5.91 Å². The summed E-state index contributed by atoms with van der Waals surface area (Å²) in [5.74, 6) is -0.286. The summed E-state index contributed by atoms with van der Waals surface area (Å²) in [5.41, 5.74) is 0. The van der Waals surface area contributed by atoms with Gasteiger partial charge < -0.3 is 20.6 Å². The third-order valence-corrected chi connectivity index (χ3v) is 7.42. The van der Waals surface area contributed by atoms with Gasteiger partial charge in [0.2, 0.25) is 5.91 Å². The van der Waals surface area contributed by atoms with Gasteiger partial charge in [-0.2, -0.15) is 0 Å². The average molecular weight is 514 g/mol. The van der Waals surface area contributed by atoms with Crippen LogP contribution in [0, 0.1) is 0 Å². The van der Waals surface area contributed by atoms with Crippen LogP contribution in [-0.4, -0.2) is 46.1 Å². The summed E-state index contributed by atoms with van der Waals surface area (Å²) < 4.78 is 0. The van der Waals surface area contributed by atoms with Crippen LogP contribution in [-0.2, 0) is 4.79 Å². The quantitative estimate of drug-likeness (QED) is 0.0811. The maximum Gasteiger partial charge on any atom is 0.222 e. The second-order valence-corrected chi connectivity index (χ2v) is 11.1. The average Bonchev–Trinajstić information content (AvgIpc) is 2.86. The molecule has 1 amide bonds. The number of aliphatic hydroxyl groups excluding tert-OH is 3. The topological polar surface area (TPSA) is 89.8 Å². The smallest absolute Gasteiger partial charge is 0.222 e. The number of hydrogen-bond acceptors (Lipinski definition) is 4. The zero-order valence-electron chi connectivity index (χ0n) is 24.2. The molecule has 0 aliphatic rings. The predicted molar refractivity (Wildman–Crippen MR) is 153 cm³/mol. The van der Waals surface area contributed by atoms with Gasteiger partial charge in [0, 0.05) is 0 Å². The fraction of sp³-hybridized carbons (Fsp3) is 0.968. The molecule has 0 rings (SSSR count). The zero-order valence-corrected chi connectivity index (χ0v) is 24.2. The molecule has 0 spiro atoms. The van der Waals surface area contributed by atoms with Crippen LogP contribution >= 0.6 is 0 Å². The largest absolute Gasteiger partial charge is 0.394 e. The van der Waals surface area contributed by atoms with Crippen LogP contribution in [0.5, 0.6) is 0 Å². The first-order valence-electron chi connectivity index (χ1n) is 15.8. The fourth-order valence-corrected chi connectivity index (χ4v) is 4.93. The minimum absolute atomic E-state index is 0.0408. The van der Waals surface area contributed by atoms with Gasteiger partial charge in [0.05, 0.1) is 31.3 Å². The lowest BCUT2D eigenvalue weighted by Crippen LogP contribution is -2.46. The molecule has 0 fully saturated rings. The number of aliphatic hydroxyl groups is 3. The summed E-state index contributed by atoms with van der Waals surface area (Å²) in [6.45, 7) is 4.21. The Labute approximate surface area is 224 Å². The Balaban J connectivity index is 3.73. The molecule has 0 saturated heterocycles. The van der Waals surface area contributed by atoms with Crippen molar-refractivity contribution in [2.75, 3.05) is 6.61 Å². The van der Waals surface area contributed by atoms with Gasteiger partial charge in [-0.25, -0.2) is 0 Å². The Morgan fingerprint density at radius 2 is 0.944 bits per heavy atom. The van der Waals surface area contributed by atoms with Crippen molar-refractivity contribution in [3.8, 4) is 0 Å². The lowest BCUT2D eigenvalue weighted by atomic mass is 10.0. The summed E-state index contributed by atoms with van der Waals surface area (Å²) in [7, 11) is 0. The van der Waals surface area contributed by atoms with Gasteiger partial charge in [-0.15, -0.1) is 0 Å². The Morgan fingerprint density at radius 1 is 0.583 bits per heavy atom. The molecule has 216 valence electrons. The Kier molecular flexibility index (Phi) is 26.9. The summed E-state index contributed by atoms with van der Waals surface area (Å²) in [6.07, 6.45) is 26.2. The van der Waals surface area contributed by atoms with E-state index >= 15 is 0 Å². The van der Waals surface area contributed by atoms with E-state index in [0.29, 0.717) is 12.8 Å². The first-order chi connectivity index (χ1) is 17.5. The Bertz CT molecular complexity index is 460. The third-order valence-electron chi connectivity index (χ3n) is 7.42. The van der Waals surface area contributed by atoms with Gasteiger partial charge in [-0.3, -0.25) is 4.79 Å². The van der Waals surface area contributed by atoms with E-state index in [1.807, 2.05) is 0 Å².